The lowest BCUT2D eigenvalue weighted by Gasteiger charge is -2.36. The lowest BCUT2D eigenvalue weighted by Crippen LogP contribution is -2.53. The minimum atomic E-state index is -4.86. The number of carbonyl (C=O) groups excluding carboxylic acids is 1. The number of urea groups is 1. The van der Waals surface area contributed by atoms with E-state index in [1.54, 1.807) is 13.0 Å². The van der Waals surface area contributed by atoms with Crippen LogP contribution in [0, 0.1) is 13.8 Å². The first-order chi connectivity index (χ1) is 16.6. The molecule has 7 nitrogen and oxygen atoms in total. The Hall–Kier alpha value is -3.56. The van der Waals surface area contributed by atoms with Crippen LogP contribution in [-0.4, -0.2) is 28.6 Å². The van der Waals surface area contributed by atoms with Gasteiger partial charge in [0.15, 0.2) is 5.82 Å². The van der Waals surface area contributed by atoms with Crippen molar-refractivity contribution in [1.82, 2.24) is 20.8 Å². The molecule has 0 saturated heterocycles. The van der Waals surface area contributed by atoms with Gasteiger partial charge in [-0.1, -0.05) is 60.0 Å². The molecule has 4 rings (SSSR count). The van der Waals surface area contributed by atoms with E-state index in [1.807, 2.05) is 31.2 Å². The topological polar surface area (TPSA) is 89.3 Å². The van der Waals surface area contributed by atoms with Crippen LogP contribution in [0.1, 0.15) is 54.1 Å². The smallest absolute Gasteiger partial charge is 0.406 e. The second-order valence-electron chi connectivity index (χ2n) is 8.84. The Bertz CT molecular complexity index is 1170. The van der Waals surface area contributed by atoms with Crippen molar-refractivity contribution < 1.29 is 27.2 Å². The van der Waals surface area contributed by atoms with Crippen LogP contribution < -0.4 is 15.4 Å². The number of hydrogen-bond acceptors (Lipinski definition) is 5. The monoisotopic (exact) mass is 488 g/mol. The Morgan fingerprint density at radius 2 is 1.77 bits per heavy atom. The molecule has 1 aliphatic carbocycles. The molecule has 1 aliphatic rings. The predicted molar refractivity (Wildman–Crippen MR) is 122 cm³/mol. The van der Waals surface area contributed by atoms with Gasteiger partial charge in [0.05, 0.1) is 5.54 Å². The van der Waals surface area contributed by atoms with E-state index in [1.165, 1.54) is 18.2 Å². The number of hydrogen-bond donors (Lipinski definition) is 2. The number of benzene rings is 2. The average molecular weight is 489 g/mol. The molecule has 1 fully saturated rings. The minimum Gasteiger partial charge on any atom is -0.406 e. The maximum Gasteiger partial charge on any atom is 0.573 e. The molecule has 2 N–H and O–H groups in total. The molecule has 186 valence electrons. The second kappa shape index (κ2) is 9.97. The second-order valence-corrected chi connectivity index (χ2v) is 8.84. The number of rotatable bonds is 7. The summed E-state index contributed by atoms with van der Waals surface area (Å²) in [6, 6.07) is 12.6. The highest BCUT2D eigenvalue weighted by Gasteiger charge is 2.40. The van der Waals surface area contributed by atoms with Gasteiger partial charge in [-0.05, 0) is 43.0 Å². The van der Waals surface area contributed by atoms with E-state index in [-0.39, 0.29) is 12.5 Å². The molecule has 0 bridgehead atoms. The van der Waals surface area contributed by atoms with Gasteiger partial charge in [-0.25, -0.2) is 4.79 Å². The van der Waals surface area contributed by atoms with E-state index >= 15 is 0 Å². The summed E-state index contributed by atoms with van der Waals surface area (Å²) in [6.07, 6.45) is -0.989. The number of carbonyl (C=O) groups is 1. The number of nitrogens with zero attached hydrogens (tertiary/aromatic N) is 2. The predicted octanol–water partition coefficient (Wildman–Crippen LogP) is 5.31. The van der Waals surface area contributed by atoms with Crippen LogP contribution in [0.25, 0.3) is 0 Å². The van der Waals surface area contributed by atoms with Crippen molar-refractivity contribution in [1.29, 1.82) is 0 Å². The Kier molecular flexibility index (Phi) is 7.00. The Morgan fingerprint density at radius 3 is 2.40 bits per heavy atom. The van der Waals surface area contributed by atoms with Gasteiger partial charge in [0, 0.05) is 19.4 Å². The van der Waals surface area contributed by atoms with E-state index < -0.39 is 23.7 Å². The third-order valence-electron chi connectivity index (χ3n) is 6.08. The zero-order chi connectivity index (χ0) is 25.1. The molecule has 0 aliphatic heterocycles. The summed E-state index contributed by atoms with van der Waals surface area (Å²) in [5, 5.41) is 10.1. The third kappa shape index (κ3) is 6.12. The fourth-order valence-corrected chi connectivity index (χ4v) is 4.56. The molecule has 35 heavy (non-hydrogen) atoms. The summed E-state index contributed by atoms with van der Waals surface area (Å²) < 4.78 is 48.3. The summed E-state index contributed by atoms with van der Waals surface area (Å²) in [4.78, 5) is 17.6. The first-order valence-electron chi connectivity index (χ1n) is 11.4. The molecule has 0 radical (unpaired) electrons. The number of aryl methyl sites for hydroxylation is 2. The third-order valence-corrected chi connectivity index (χ3v) is 6.08. The van der Waals surface area contributed by atoms with Gasteiger partial charge < -0.3 is 19.9 Å². The lowest BCUT2D eigenvalue weighted by atomic mass is 9.79. The van der Waals surface area contributed by atoms with Crippen molar-refractivity contribution in [3.63, 3.8) is 0 Å². The highest BCUT2D eigenvalue weighted by atomic mass is 19.4. The average Bonchev–Trinajstić information content (AvgIpc) is 3.43. The maximum atomic E-state index is 13.3. The summed E-state index contributed by atoms with van der Waals surface area (Å²) in [5.74, 6) is 0.240. The largest absolute Gasteiger partial charge is 0.573 e. The number of ether oxygens (including phenoxy) is 1. The number of nitrogens with one attached hydrogen (secondary N) is 2. The molecule has 1 atom stereocenters. The van der Waals surface area contributed by atoms with E-state index in [2.05, 4.69) is 25.5 Å². The number of aromatic nitrogens is 2. The van der Waals surface area contributed by atoms with Crippen molar-refractivity contribution in [3.05, 3.63) is 76.9 Å². The standard InChI is InChI=1S/C25H27F3N4O3/c1-16-7-5-8-18(13-16)24(15-22-29-17(2)35-32-22,31-23(33)30-20-10-3-4-11-20)19-9-6-12-21(14-19)34-25(26,27)28/h5-9,12-14,20H,3-4,10-11,15H2,1-2H3,(H2,30,31,33). The Balaban J connectivity index is 1.83. The molecule has 1 saturated carbocycles. The molecule has 3 aromatic rings. The molecule has 0 spiro atoms. The molecule has 1 heterocycles. The SMILES string of the molecule is Cc1cccc(C(Cc2noc(C)n2)(NC(=O)NC2CCCC2)c2cccc(OC(F)(F)F)c2)c1. The molecular weight excluding hydrogens is 461 g/mol. The molecular formula is C25H27F3N4O3. The highest BCUT2D eigenvalue weighted by molar-refractivity contribution is 5.76. The van der Waals surface area contributed by atoms with Gasteiger partial charge in [0.1, 0.15) is 5.75 Å². The van der Waals surface area contributed by atoms with Crippen LogP contribution in [0.3, 0.4) is 0 Å². The van der Waals surface area contributed by atoms with Gasteiger partial charge in [0.2, 0.25) is 5.89 Å². The first-order valence-corrected chi connectivity index (χ1v) is 11.4. The quantitative estimate of drug-likeness (QED) is 0.470. The Morgan fingerprint density at radius 1 is 1.09 bits per heavy atom. The fraction of sp³-hybridized carbons (Fsp3) is 0.400. The van der Waals surface area contributed by atoms with Gasteiger partial charge in [-0.2, -0.15) is 4.98 Å². The molecule has 2 aromatic carbocycles. The van der Waals surface area contributed by atoms with Crippen molar-refractivity contribution in [2.24, 2.45) is 0 Å². The van der Waals surface area contributed by atoms with Crippen LogP contribution in [0.5, 0.6) is 5.75 Å². The highest BCUT2D eigenvalue weighted by Crippen LogP contribution is 2.36. The van der Waals surface area contributed by atoms with Crippen molar-refractivity contribution >= 4 is 6.03 Å². The van der Waals surface area contributed by atoms with Crippen molar-refractivity contribution in [2.75, 3.05) is 0 Å². The van der Waals surface area contributed by atoms with E-state index in [9.17, 15) is 18.0 Å². The first kappa shape index (κ1) is 24.6. The van der Waals surface area contributed by atoms with Crippen molar-refractivity contribution in [2.45, 2.75) is 63.9 Å². The molecule has 10 heteroatoms. The number of amides is 2. The minimum absolute atomic E-state index is 0.0394. The van der Waals surface area contributed by atoms with Crippen molar-refractivity contribution in [3.8, 4) is 5.75 Å². The lowest BCUT2D eigenvalue weighted by molar-refractivity contribution is -0.274. The number of halogens is 3. The van der Waals surface area contributed by atoms with E-state index in [0.717, 1.165) is 31.2 Å². The summed E-state index contributed by atoms with van der Waals surface area (Å²) in [7, 11) is 0. The zero-order valence-corrected chi connectivity index (χ0v) is 19.5. The summed E-state index contributed by atoms with van der Waals surface area (Å²) in [5.41, 5.74) is 0.645. The summed E-state index contributed by atoms with van der Waals surface area (Å²) >= 11 is 0. The molecule has 2 amide bonds. The number of alkyl halides is 3. The summed E-state index contributed by atoms with van der Waals surface area (Å²) in [6.45, 7) is 3.54. The van der Waals surface area contributed by atoms with Gasteiger partial charge >= 0.3 is 12.4 Å². The zero-order valence-electron chi connectivity index (χ0n) is 19.5. The maximum absolute atomic E-state index is 13.3. The fourth-order valence-electron chi connectivity index (χ4n) is 4.56. The van der Waals surface area contributed by atoms with Crippen LogP contribution in [0.15, 0.2) is 53.1 Å². The van der Waals surface area contributed by atoms with Crippen LogP contribution in [0.4, 0.5) is 18.0 Å². The van der Waals surface area contributed by atoms with E-state index in [4.69, 9.17) is 4.52 Å². The van der Waals surface area contributed by atoms with Crippen LogP contribution in [-0.2, 0) is 12.0 Å². The van der Waals surface area contributed by atoms with Crippen LogP contribution >= 0.6 is 0 Å². The Labute approximate surface area is 201 Å². The van der Waals surface area contributed by atoms with E-state index in [0.29, 0.717) is 22.8 Å². The van der Waals surface area contributed by atoms with Crippen LogP contribution in [0.2, 0.25) is 0 Å². The normalized spacial score (nSPS) is 16.0. The van der Waals surface area contributed by atoms with Gasteiger partial charge in [0.25, 0.3) is 0 Å². The van der Waals surface area contributed by atoms with Gasteiger partial charge in [-0.15, -0.1) is 13.2 Å². The molecule has 1 aromatic heterocycles. The van der Waals surface area contributed by atoms with Gasteiger partial charge in [-0.3, -0.25) is 0 Å². The molecule has 1 unspecified atom stereocenters.